The first-order valence-electron chi connectivity index (χ1n) is 5.16. The van der Waals surface area contributed by atoms with E-state index in [1.165, 1.54) is 12.1 Å². The lowest BCUT2D eigenvalue weighted by molar-refractivity contribution is -0.384. The first-order valence-corrected chi connectivity index (χ1v) is 5.53. The first-order chi connectivity index (χ1) is 8.60. The molecule has 96 valence electrons. The number of nitriles is 1. The second kappa shape index (κ2) is 6.91. The quantitative estimate of drug-likeness (QED) is 0.485. The molecule has 0 heterocycles. The smallest absolute Gasteiger partial charge is 0.288 e. The SMILES string of the molecule is COCCNC(C#N)c1ccc(Cl)c([N+](=O)[O-])c1. The normalized spacial score (nSPS) is 11.8. The van der Waals surface area contributed by atoms with Gasteiger partial charge in [-0.05, 0) is 11.6 Å². The van der Waals surface area contributed by atoms with Gasteiger partial charge in [-0.1, -0.05) is 17.7 Å². The maximum atomic E-state index is 10.7. The molecule has 18 heavy (non-hydrogen) atoms. The molecule has 0 aromatic heterocycles. The van der Waals surface area contributed by atoms with E-state index in [1.54, 1.807) is 13.2 Å². The van der Waals surface area contributed by atoms with Crippen LogP contribution < -0.4 is 5.32 Å². The summed E-state index contributed by atoms with van der Waals surface area (Å²) in [5.74, 6) is 0. The third-order valence-corrected chi connectivity index (χ3v) is 2.60. The van der Waals surface area contributed by atoms with Gasteiger partial charge in [0.25, 0.3) is 5.69 Å². The maximum absolute atomic E-state index is 10.7. The molecular weight excluding hydrogens is 258 g/mol. The maximum Gasteiger partial charge on any atom is 0.288 e. The van der Waals surface area contributed by atoms with Crippen molar-refractivity contribution in [1.82, 2.24) is 5.32 Å². The molecule has 0 aliphatic rings. The Morgan fingerprint density at radius 2 is 2.39 bits per heavy atom. The van der Waals surface area contributed by atoms with E-state index in [-0.39, 0.29) is 10.7 Å². The number of rotatable bonds is 6. The van der Waals surface area contributed by atoms with Crippen LogP contribution in [0.25, 0.3) is 0 Å². The van der Waals surface area contributed by atoms with Crippen LogP contribution >= 0.6 is 11.6 Å². The van der Waals surface area contributed by atoms with Crippen molar-refractivity contribution in [2.24, 2.45) is 0 Å². The summed E-state index contributed by atoms with van der Waals surface area (Å²) in [6, 6.07) is 5.70. The van der Waals surface area contributed by atoms with E-state index in [9.17, 15) is 10.1 Å². The molecule has 1 atom stereocenters. The number of benzene rings is 1. The highest BCUT2D eigenvalue weighted by Gasteiger charge is 2.17. The number of ether oxygens (including phenoxy) is 1. The Labute approximate surface area is 109 Å². The summed E-state index contributed by atoms with van der Waals surface area (Å²) in [7, 11) is 1.55. The van der Waals surface area contributed by atoms with E-state index >= 15 is 0 Å². The minimum Gasteiger partial charge on any atom is -0.383 e. The number of nitrogens with zero attached hydrogens (tertiary/aromatic N) is 2. The van der Waals surface area contributed by atoms with Gasteiger partial charge < -0.3 is 4.74 Å². The van der Waals surface area contributed by atoms with E-state index in [0.717, 1.165) is 0 Å². The predicted octanol–water partition coefficient (Wildman–Crippen LogP) is 2.05. The van der Waals surface area contributed by atoms with Crippen LogP contribution in [0.5, 0.6) is 0 Å². The monoisotopic (exact) mass is 269 g/mol. The molecule has 0 fully saturated rings. The third-order valence-electron chi connectivity index (χ3n) is 2.28. The van der Waals surface area contributed by atoms with Crippen LogP contribution in [-0.2, 0) is 4.74 Å². The van der Waals surface area contributed by atoms with E-state index in [0.29, 0.717) is 18.7 Å². The van der Waals surface area contributed by atoms with Crippen LogP contribution in [0.1, 0.15) is 11.6 Å². The fraction of sp³-hybridized carbons (Fsp3) is 0.364. The molecule has 1 rings (SSSR count). The molecule has 0 aliphatic carbocycles. The summed E-state index contributed by atoms with van der Waals surface area (Å²) in [5, 5.41) is 22.7. The molecule has 0 radical (unpaired) electrons. The zero-order valence-corrected chi connectivity index (χ0v) is 10.5. The van der Waals surface area contributed by atoms with Crippen molar-refractivity contribution in [2.75, 3.05) is 20.3 Å². The van der Waals surface area contributed by atoms with Crippen LogP contribution in [0, 0.1) is 21.4 Å². The van der Waals surface area contributed by atoms with Gasteiger partial charge in [-0.25, -0.2) is 0 Å². The lowest BCUT2D eigenvalue weighted by Crippen LogP contribution is -2.24. The van der Waals surface area contributed by atoms with Crippen LogP contribution in [-0.4, -0.2) is 25.2 Å². The highest BCUT2D eigenvalue weighted by Crippen LogP contribution is 2.27. The van der Waals surface area contributed by atoms with E-state index < -0.39 is 11.0 Å². The molecule has 1 unspecified atom stereocenters. The second-order valence-corrected chi connectivity index (χ2v) is 3.88. The van der Waals surface area contributed by atoms with Gasteiger partial charge in [0.1, 0.15) is 11.1 Å². The van der Waals surface area contributed by atoms with E-state index in [4.69, 9.17) is 21.6 Å². The molecule has 6 nitrogen and oxygen atoms in total. The fourth-order valence-corrected chi connectivity index (χ4v) is 1.58. The molecule has 0 amide bonds. The standard InChI is InChI=1S/C11H12ClN3O3/c1-18-5-4-14-10(7-13)8-2-3-9(12)11(6-8)15(16)17/h2-3,6,10,14H,4-5H2,1H3. The van der Waals surface area contributed by atoms with Gasteiger partial charge >= 0.3 is 0 Å². The van der Waals surface area contributed by atoms with Crippen molar-refractivity contribution in [2.45, 2.75) is 6.04 Å². The van der Waals surface area contributed by atoms with Crippen molar-refractivity contribution in [3.63, 3.8) is 0 Å². The summed E-state index contributed by atoms with van der Waals surface area (Å²) >= 11 is 5.70. The average molecular weight is 270 g/mol. The molecule has 0 saturated carbocycles. The molecule has 0 spiro atoms. The van der Waals surface area contributed by atoms with E-state index in [1.807, 2.05) is 6.07 Å². The first kappa shape index (κ1) is 14.4. The molecule has 1 N–H and O–H groups in total. The number of hydrogen-bond acceptors (Lipinski definition) is 5. The highest BCUT2D eigenvalue weighted by molar-refractivity contribution is 6.32. The predicted molar refractivity (Wildman–Crippen MR) is 66.3 cm³/mol. The summed E-state index contributed by atoms with van der Waals surface area (Å²) in [5.41, 5.74) is 0.299. The van der Waals surface area contributed by atoms with E-state index in [2.05, 4.69) is 5.32 Å². The third kappa shape index (κ3) is 3.67. The van der Waals surface area contributed by atoms with Gasteiger partial charge in [0.05, 0.1) is 17.6 Å². The Hall–Kier alpha value is -1.68. The summed E-state index contributed by atoms with van der Waals surface area (Å²) in [4.78, 5) is 10.2. The zero-order chi connectivity index (χ0) is 13.5. The molecule has 0 bridgehead atoms. The largest absolute Gasteiger partial charge is 0.383 e. The Morgan fingerprint density at radius 3 is 2.94 bits per heavy atom. The van der Waals surface area contributed by atoms with Crippen LogP contribution in [0.15, 0.2) is 18.2 Å². The van der Waals surface area contributed by atoms with Crippen LogP contribution in [0.3, 0.4) is 0 Å². The molecule has 0 saturated heterocycles. The van der Waals surface area contributed by atoms with Crippen molar-refractivity contribution in [3.05, 3.63) is 38.9 Å². The van der Waals surface area contributed by atoms with Gasteiger partial charge in [0.2, 0.25) is 0 Å². The van der Waals surface area contributed by atoms with Gasteiger partial charge in [-0.2, -0.15) is 5.26 Å². The Balaban J connectivity index is 2.90. The number of hydrogen-bond donors (Lipinski definition) is 1. The number of nitro benzene ring substituents is 1. The summed E-state index contributed by atoms with van der Waals surface area (Å²) in [6.07, 6.45) is 0. The molecular formula is C11H12ClN3O3. The minimum absolute atomic E-state index is 0.0531. The van der Waals surface area contributed by atoms with Crippen LogP contribution in [0.4, 0.5) is 5.69 Å². The van der Waals surface area contributed by atoms with Gasteiger partial charge in [-0.15, -0.1) is 0 Å². The average Bonchev–Trinajstić information content (AvgIpc) is 2.35. The minimum atomic E-state index is -0.629. The lowest BCUT2D eigenvalue weighted by atomic mass is 10.1. The van der Waals surface area contributed by atoms with Gasteiger partial charge in [0, 0.05) is 19.7 Å². The van der Waals surface area contributed by atoms with Crippen molar-refractivity contribution in [3.8, 4) is 6.07 Å². The second-order valence-electron chi connectivity index (χ2n) is 3.48. The van der Waals surface area contributed by atoms with Crippen LogP contribution in [0.2, 0.25) is 5.02 Å². The van der Waals surface area contributed by atoms with Crippen molar-refractivity contribution >= 4 is 17.3 Å². The van der Waals surface area contributed by atoms with Crippen molar-refractivity contribution in [1.29, 1.82) is 5.26 Å². The number of nitro groups is 1. The topological polar surface area (TPSA) is 88.2 Å². The Bertz CT molecular complexity index is 473. The molecule has 1 aromatic carbocycles. The Kier molecular flexibility index (Phi) is 5.52. The number of halogens is 1. The summed E-state index contributed by atoms with van der Waals surface area (Å²) in [6.45, 7) is 0.930. The zero-order valence-electron chi connectivity index (χ0n) is 9.72. The van der Waals surface area contributed by atoms with Crippen molar-refractivity contribution < 1.29 is 9.66 Å². The fourth-order valence-electron chi connectivity index (χ4n) is 1.39. The van der Waals surface area contributed by atoms with Gasteiger partial charge in [-0.3, -0.25) is 15.4 Å². The number of nitrogens with one attached hydrogen (secondary N) is 1. The van der Waals surface area contributed by atoms with Gasteiger partial charge in [0.15, 0.2) is 0 Å². The molecule has 0 aliphatic heterocycles. The molecule has 1 aromatic rings. The summed E-state index contributed by atoms with van der Waals surface area (Å²) < 4.78 is 4.85. The molecule has 7 heteroatoms. The highest BCUT2D eigenvalue weighted by atomic mass is 35.5. The Morgan fingerprint density at radius 1 is 1.67 bits per heavy atom. The lowest BCUT2D eigenvalue weighted by Gasteiger charge is -2.11. The number of methoxy groups -OCH3 is 1.